The number of amides is 1. The Labute approximate surface area is 155 Å². The third-order valence-corrected chi connectivity index (χ3v) is 4.10. The smallest absolute Gasteiger partial charge is 0.262 e. The monoisotopic (exact) mass is 367 g/mol. The van der Waals surface area contributed by atoms with Crippen molar-refractivity contribution in [3.05, 3.63) is 42.9 Å². The van der Waals surface area contributed by atoms with Crippen LogP contribution in [0, 0.1) is 0 Å². The maximum atomic E-state index is 11.8. The number of hydrogen-bond donors (Lipinski definition) is 0. The van der Waals surface area contributed by atoms with Gasteiger partial charge in [-0.05, 0) is 12.1 Å². The molecule has 0 saturated carbocycles. The number of ether oxygens (including phenoxy) is 2. The first-order valence-corrected chi connectivity index (χ1v) is 8.37. The number of carbonyl (C=O) groups is 1. The molecule has 9 heteroatoms. The lowest BCUT2D eigenvalue weighted by atomic mass is 10.1. The molecule has 3 aromatic rings. The molecule has 0 unspecified atom stereocenters. The van der Waals surface area contributed by atoms with Crippen molar-refractivity contribution in [3.63, 3.8) is 0 Å². The third kappa shape index (κ3) is 3.63. The van der Waals surface area contributed by atoms with Gasteiger partial charge in [0.15, 0.2) is 0 Å². The van der Waals surface area contributed by atoms with Gasteiger partial charge in [0.1, 0.15) is 24.2 Å². The fraction of sp³-hybridized carbons (Fsp3) is 0.278. The molecule has 0 radical (unpaired) electrons. The maximum Gasteiger partial charge on any atom is 0.262 e. The fourth-order valence-corrected chi connectivity index (χ4v) is 2.71. The van der Waals surface area contributed by atoms with Crippen LogP contribution >= 0.6 is 0 Å². The molecule has 0 spiro atoms. The molecule has 27 heavy (non-hydrogen) atoms. The summed E-state index contributed by atoms with van der Waals surface area (Å²) in [6, 6.07) is 7.41. The van der Waals surface area contributed by atoms with Gasteiger partial charge in [-0.25, -0.2) is 4.98 Å². The molecule has 0 atom stereocenters. The first kappa shape index (κ1) is 17.1. The summed E-state index contributed by atoms with van der Waals surface area (Å²) in [5.41, 5.74) is 1.21. The number of methoxy groups -OCH3 is 1. The van der Waals surface area contributed by atoms with Crippen LogP contribution in [0.2, 0.25) is 0 Å². The average molecular weight is 367 g/mol. The second-order valence-corrected chi connectivity index (χ2v) is 5.98. The number of benzene rings is 1. The quantitative estimate of drug-likeness (QED) is 0.644. The van der Waals surface area contributed by atoms with Gasteiger partial charge in [-0.1, -0.05) is 17.3 Å². The summed E-state index contributed by atoms with van der Waals surface area (Å²) in [6.45, 7) is 1.12. The van der Waals surface area contributed by atoms with Crippen LogP contribution in [0.15, 0.2) is 47.4 Å². The van der Waals surface area contributed by atoms with Gasteiger partial charge in [0, 0.05) is 19.5 Å². The molecule has 3 heterocycles. The van der Waals surface area contributed by atoms with E-state index in [1.807, 2.05) is 24.3 Å². The van der Waals surface area contributed by atoms with Gasteiger partial charge in [0.05, 0.1) is 24.8 Å². The molecule has 0 bridgehead atoms. The second kappa shape index (κ2) is 7.50. The van der Waals surface area contributed by atoms with Gasteiger partial charge in [-0.15, -0.1) is 0 Å². The molecule has 1 aliphatic heterocycles. The van der Waals surface area contributed by atoms with E-state index in [1.165, 1.54) is 7.11 Å². The normalized spacial score (nSPS) is 14.0. The van der Waals surface area contributed by atoms with Crippen LogP contribution in [0.1, 0.15) is 0 Å². The van der Waals surface area contributed by atoms with Crippen LogP contribution in [-0.2, 0) is 9.53 Å². The number of carbonyl (C=O) groups excluding carboxylic acids is 1. The molecule has 138 valence electrons. The number of para-hydroxylation sites is 1. The molecule has 1 saturated heterocycles. The highest BCUT2D eigenvalue weighted by molar-refractivity contribution is 5.78. The lowest BCUT2D eigenvalue weighted by Gasteiger charge is -2.39. The maximum absolute atomic E-state index is 11.8. The van der Waals surface area contributed by atoms with Crippen molar-refractivity contribution in [3.8, 4) is 28.7 Å². The number of aromatic nitrogens is 4. The van der Waals surface area contributed by atoms with Gasteiger partial charge in [0.25, 0.3) is 5.89 Å². The summed E-state index contributed by atoms with van der Waals surface area (Å²) in [7, 11) is 1.50. The molecular formula is C18H17N5O4. The van der Waals surface area contributed by atoms with Crippen molar-refractivity contribution in [2.24, 2.45) is 0 Å². The minimum absolute atomic E-state index is 0.0452. The lowest BCUT2D eigenvalue weighted by Crippen LogP contribution is -2.57. The summed E-state index contributed by atoms with van der Waals surface area (Å²) in [5, 5.41) is 3.96. The first-order chi connectivity index (χ1) is 13.2. The molecule has 1 aromatic carbocycles. The lowest BCUT2D eigenvalue weighted by molar-refractivity contribution is -0.143. The van der Waals surface area contributed by atoms with Crippen LogP contribution in [0.25, 0.3) is 23.0 Å². The van der Waals surface area contributed by atoms with Crippen molar-refractivity contribution in [1.29, 1.82) is 0 Å². The number of rotatable bonds is 6. The molecule has 1 amide bonds. The summed E-state index contributed by atoms with van der Waals surface area (Å²) in [4.78, 5) is 26.0. The number of hydrogen-bond acceptors (Lipinski definition) is 8. The number of likely N-dealkylation sites (tertiary alicyclic amines) is 1. The van der Waals surface area contributed by atoms with Crippen molar-refractivity contribution in [2.75, 3.05) is 26.8 Å². The molecule has 4 rings (SSSR count). The van der Waals surface area contributed by atoms with Gasteiger partial charge in [-0.2, -0.15) is 4.98 Å². The summed E-state index contributed by atoms with van der Waals surface area (Å²) >= 11 is 0. The highest BCUT2D eigenvalue weighted by atomic mass is 16.5. The van der Waals surface area contributed by atoms with E-state index in [9.17, 15) is 4.79 Å². The van der Waals surface area contributed by atoms with E-state index < -0.39 is 0 Å². The zero-order valence-corrected chi connectivity index (χ0v) is 14.6. The van der Waals surface area contributed by atoms with E-state index >= 15 is 0 Å². The van der Waals surface area contributed by atoms with Gasteiger partial charge in [-0.3, -0.25) is 9.78 Å². The van der Waals surface area contributed by atoms with Crippen LogP contribution in [0.4, 0.5) is 0 Å². The summed E-state index contributed by atoms with van der Waals surface area (Å²) in [6.07, 6.45) is 4.62. The van der Waals surface area contributed by atoms with Crippen LogP contribution < -0.4 is 4.74 Å². The van der Waals surface area contributed by atoms with E-state index in [0.29, 0.717) is 41.8 Å². The average Bonchev–Trinajstić information content (AvgIpc) is 3.15. The minimum atomic E-state index is -0.0886. The summed E-state index contributed by atoms with van der Waals surface area (Å²) < 4.78 is 16.3. The Hall–Kier alpha value is -3.33. The first-order valence-electron chi connectivity index (χ1n) is 8.37. The molecule has 0 aliphatic carbocycles. The largest absolute Gasteiger partial charge is 0.486 e. The standard InChI is InChI=1S/C18H17N5O4/c1-25-11-16(24)23-9-12(10-23)26-15-5-3-2-4-13(15)18-21-17(22-27-18)14-8-19-6-7-20-14/h2-8,12H,9-11H2,1H3. The fourth-order valence-electron chi connectivity index (χ4n) is 2.71. The molecule has 1 fully saturated rings. The van der Waals surface area contributed by atoms with E-state index in [0.717, 1.165) is 0 Å². The van der Waals surface area contributed by atoms with Gasteiger partial charge >= 0.3 is 0 Å². The Morgan fingerprint density at radius 1 is 1.30 bits per heavy atom. The van der Waals surface area contributed by atoms with E-state index in [-0.39, 0.29) is 18.6 Å². The Kier molecular flexibility index (Phi) is 4.75. The van der Waals surface area contributed by atoms with Crippen LogP contribution in [0.5, 0.6) is 5.75 Å². The summed E-state index contributed by atoms with van der Waals surface area (Å²) in [5.74, 6) is 1.26. The zero-order chi connectivity index (χ0) is 18.6. The zero-order valence-electron chi connectivity index (χ0n) is 14.6. The highest BCUT2D eigenvalue weighted by Gasteiger charge is 2.32. The van der Waals surface area contributed by atoms with Gasteiger partial charge < -0.3 is 18.9 Å². The predicted octanol–water partition coefficient (Wildman–Crippen LogP) is 1.43. The molecule has 1 aliphatic rings. The van der Waals surface area contributed by atoms with Crippen molar-refractivity contribution >= 4 is 5.91 Å². The Morgan fingerprint density at radius 2 is 2.15 bits per heavy atom. The van der Waals surface area contributed by atoms with Gasteiger partial charge in [0.2, 0.25) is 11.7 Å². The minimum Gasteiger partial charge on any atom is -0.486 e. The molecular weight excluding hydrogens is 350 g/mol. The highest BCUT2D eigenvalue weighted by Crippen LogP contribution is 2.31. The number of nitrogens with zero attached hydrogens (tertiary/aromatic N) is 5. The Morgan fingerprint density at radius 3 is 2.93 bits per heavy atom. The Bertz CT molecular complexity index is 924. The topological polar surface area (TPSA) is 103 Å². The van der Waals surface area contributed by atoms with Crippen LogP contribution in [0.3, 0.4) is 0 Å². The van der Waals surface area contributed by atoms with Crippen molar-refractivity contribution < 1.29 is 18.8 Å². The SMILES string of the molecule is COCC(=O)N1CC(Oc2ccccc2-c2nc(-c3cnccn3)no2)C1. The Balaban J connectivity index is 1.48. The molecule has 2 aromatic heterocycles. The van der Waals surface area contributed by atoms with Crippen LogP contribution in [-0.4, -0.2) is 63.8 Å². The third-order valence-electron chi connectivity index (χ3n) is 4.10. The van der Waals surface area contributed by atoms with E-state index in [1.54, 1.807) is 23.5 Å². The van der Waals surface area contributed by atoms with E-state index in [2.05, 4.69) is 20.1 Å². The predicted molar refractivity (Wildman–Crippen MR) is 93.6 cm³/mol. The molecule has 9 nitrogen and oxygen atoms in total. The molecule has 0 N–H and O–H groups in total. The van der Waals surface area contributed by atoms with Crippen molar-refractivity contribution in [1.82, 2.24) is 25.0 Å². The van der Waals surface area contributed by atoms with Crippen molar-refractivity contribution in [2.45, 2.75) is 6.10 Å². The van der Waals surface area contributed by atoms with E-state index in [4.69, 9.17) is 14.0 Å². The second-order valence-electron chi connectivity index (χ2n) is 5.98.